The number of hydrogen-bond acceptors (Lipinski definition) is 4. The maximum atomic E-state index is 11.6. The summed E-state index contributed by atoms with van der Waals surface area (Å²) in [4.78, 5) is 11.6. The van der Waals surface area contributed by atoms with Crippen LogP contribution in [0.15, 0.2) is 0 Å². The zero-order chi connectivity index (χ0) is 13.0. The van der Waals surface area contributed by atoms with Crippen molar-refractivity contribution in [3.05, 3.63) is 0 Å². The third-order valence-electron chi connectivity index (χ3n) is 2.49. The van der Waals surface area contributed by atoms with E-state index >= 15 is 0 Å². The third kappa shape index (κ3) is 15.2. The smallest absolute Gasteiger partial charge is 0.780 e. The van der Waals surface area contributed by atoms with Crippen LogP contribution in [0.2, 0.25) is 0 Å². The van der Waals surface area contributed by atoms with E-state index in [2.05, 4.69) is 13.8 Å². The van der Waals surface area contributed by atoms with Gasteiger partial charge in [-0.05, 0) is 12.8 Å². The van der Waals surface area contributed by atoms with Crippen LogP contribution in [0.4, 0.5) is 0 Å². The van der Waals surface area contributed by atoms with Gasteiger partial charge in [0.2, 0.25) is 0 Å². The van der Waals surface area contributed by atoms with Crippen molar-refractivity contribution in [1.29, 1.82) is 0 Å². The molecule has 104 valence electrons. The van der Waals surface area contributed by atoms with Gasteiger partial charge in [0.25, 0.3) is 0 Å². The van der Waals surface area contributed by atoms with E-state index in [4.69, 9.17) is 20.9 Å². The maximum Gasteiger partial charge on any atom is 2.00 e. The van der Waals surface area contributed by atoms with E-state index in [1.807, 2.05) is 0 Å². The fourth-order valence-corrected chi connectivity index (χ4v) is 2.67. The molecule has 0 aliphatic carbocycles. The van der Waals surface area contributed by atoms with Crippen molar-refractivity contribution in [2.75, 3.05) is 13.2 Å². The van der Waals surface area contributed by atoms with Crippen molar-refractivity contribution in [3.8, 4) is 0 Å². The van der Waals surface area contributed by atoms with Crippen LogP contribution >= 0.6 is 6.72 Å². The van der Waals surface area contributed by atoms with Crippen molar-refractivity contribution in [2.45, 2.75) is 65.2 Å². The summed E-state index contributed by atoms with van der Waals surface area (Å²) in [6, 6.07) is 0. The van der Waals surface area contributed by atoms with Gasteiger partial charge in [0.15, 0.2) is 0 Å². The summed E-state index contributed by atoms with van der Waals surface area (Å²) in [6.07, 6.45) is 8.75. The van der Waals surface area contributed by atoms with Crippen molar-refractivity contribution in [2.24, 2.45) is 0 Å². The van der Waals surface area contributed by atoms with Crippen molar-refractivity contribution in [3.63, 3.8) is 0 Å². The van der Waals surface area contributed by atoms with E-state index < -0.39 is 6.72 Å². The van der Waals surface area contributed by atoms with Gasteiger partial charge in [-0.25, -0.2) is 0 Å². The van der Waals surface area contributed by atoms with Gasteiger partial charge < -0.3 is 13.9 Å². The van der Waals surface area contributed by atoms with Gasteiger partial charge in [-0.1, -0.05) is 64.2 Å². The van der Waals surface area contributed by atoms with Crippen LogP contribution in [-0.4, -0.2) is 13.2 Å². The molecule has 0 unspecified atom stereocenters. The van der Waals surface area contributed by atoms with Crippen LogP contribution in [0, 0.1) is 0 Å². The van der Waals surface area contributed by atoms with Gasteiger partial charge in [0.1, 0.15) is 6.72 Å². The quantitative estimate of drug-likeness (QED) is 0.306. The molecule has 0 spiro atoms. The van der Waals surface area contributed by atoms with Crippen LogP contribution in [-0.2, 0) is 40.3 Å². The number of unbranched alkanes of at least 4 members (excludes halogenated alkanes) is 6. The summed E-state index contributed by atoms with van der Waals surface area (Å²) in [5, 5.41) is 0. The van der Waals surface area contributed by atoms with Gasteiger partial charge in [-0.2, -0.15) is 0 Å². The average Bonchev–Trinajstić information content (AvgIpc) is 2.28. The van der Waals surface area contributed by atoms with Gasteiger partial charge >= 0.3 is 19.5 Å². The van der Waals surface area contributed by atoms with E-state index in [1.165, 1.54) is 25.7 Å². The average molecular weight is 347 g/mol. The Bertz CT molecular complexity index is 199. The fourth-order valence-electron chi connectivity index (χ4n) is 1.45. The summed E-state index contributed by atoms with van der Waals surface area (Å²) < 4.78 is 10.3. The van der Waals surface area contributed by atoms with Crippen LogP contribution in [0.3, 0.4) is 0 Å². The second kappa shape index (κ2) is 14.6. The second-order valence-corrected chi connectivity index (χ2v) is 6.99. The Labute approximate surface area is 130 Å². The van der Waals surface area contributed by atoms with E-state index in [1.54, 1.807) is 0 Å². The molecular formula is C12H26O3PSZn+. The van der Waals surface area contributed by atoms with Gasteiger partial charge in [0, 0.05) is 0 Å². The minimum Gasteiger partial charge on any atom is -0.780 e. The largest absolute Gasteiger partial charge is 2.00 e. The molecule has 0 fully saturated rings. The Kier molecular flexibility index (Phi) is 17.4. The molecule has 0 saturated heterocycles. The molecule has 0 bridgehead atoms. The first-order valence-corrected chi connectivity index (χ1v) is 9.28. The number of rotatable bonds is 12. The minimum absolute atomic E-state index is 0. The Morgan fingerprint density at radius 2 is 1.22 bits per heavy atom. The summed E-state index contributed by atoms with van der Waals surface area (Å²) in [5.74, 6) is 0. The molecule has 0 atom stereocenters. The summed E-state index contributed by atoms with van der Waals surface area (Å²) in [6.45, 7) is 2.00. The fraction of sp³-hybridized carbons (Fsp3) is 1.00. The molecular weight excluding hydrogens is 321 g/mol. The molecule has 0 heterocycles. The molecule has 0 radical (unpaired) electrons. The molecule has 0 saturated carbocycles. The van der Waals surface area contributed by atoms with E-state index in [0.717, 1.165) is 25.7 Å². The molecule has 0 aromatic carbocycles. The van der Waals surface area contributed by atoms with E-state index in [0.29, 0.717) is 13.2 Å². The predicted molar refractivity (Wildman–Crippen MR) is 74.5 cm³/mol. The topological polar surface area (TPSA) is 41.5 Å². The molecule has 0 N–H and O–H groups in total. The maximum absolute atomic E-state index is 11.6. The minimum atomic E-state index is -3.21. The molecule has 0 aliphatic rings. The summed E-state index contributed by atoms with van der Waals surface area (Å²) in [7, 11) is 0. The van der Waals surface area contributed by atoms with Crippen LogP contribution < -0.4 is 4.89 Å². The van der Waals surface area contributed by atoms with Crippen LogP contribution in [0.5, 0.6) is 0 Å². The Morgan fingerprint density at radius 3 is 1.56 bits per heavy atom. The third-order valence-corrected chi connectivity index (χ3v) is 4.12. The van der Waals surface area contributed by atoms with Gasteiger partial charge in [-0.3, -0.25) is 0 Å². The SMILES string of the molecule is CCCCCCOP([O-])(=S)OCCCCCC.[Zn+2]. The first-order chi connectivity index (χ1) is 8.12. The van der Waals surface area contributed by atoms with Gasteiger partial charge in [-0.15, -0.1) is 0 Å². The normalized spacial score (nSPS) is 11.3. The Morgan fingerprint density at radius 1 is 0.833 bits per heavy atom. The van der Waals surface area contributed by atoms with Crippen LogP contribution in [0.25, 0.3) is 0 Å². The van der Waals surface area contributed by atoms with Gasteiger partial charge in [0.05, 0.1) is 13.2 Å². The molecule has 0 aromatic rings. The van der Waals surface area contributed by atoms with Crippen molar-refractivity contribution >= 4 is 18.5 Å². The van der Waals surface area contributed by atoms with E-state index in [-0.39, 0.29) is 19.5 Å². The van der Waals surface area contributed by atoms with Crippen LogP contribution in [0.1, 0.15) is 65.2 Å². The Hall–Kier alpha value is 1.15. The standard InChI is InChI=1S/C12H27O3PS.Zn/c1-3-5-7-9-11-14-16(13,17)15-12-10-8-6-4-2;/h3-12H2,1-2H3,(H,13,17);/q;+2/p-1. The van der Waals surface area contributed by atoms with Crippen molar-refractivity contribution < 1.29 is 33.4 Å². The zero-order valence-electron chi connectivity index (χ0n) is 11.9. The summed E-state index contributed by atoms with van der Waals surface area (Å²) in [5.41, 5.74) is 0. The molecule has 6 heteroatoms. The second-order valence-electron chi connectivity index (χ2n) is 4.23. The molecule has 0 aliphatic heterocycles. The first kappa shape index (κ1) is 21.5. The molecule has 0 rings (SSSR count). The van der Waals surface area contributed by atoms with Crippen molar-refractivity contribution in [1.82, 2.24) is 0 Å². The molecule has 0 amide bonds. The molecule has 18 heavy (non-hydrogen) atoms. The van der Waals surface area contributed by atoms with E-state index in [9.17, 15) is 4.89 Å². The molecule has 0 aromatic heterocycles. The Balaban J connectivity index is 0. The molecule has 3 nitrogen and oxygen atoms in total. The monoisotopic (exact) mass is 345 g/mol. The first-order valence-electron chi connectivity index (χ1n) is 6.72. The zero-order valence-corrected chi connectivity index (χ0v) is 16.5. The summed E-state index contributed by atoms with van der Waals surface area (Å²) >= 11 is 4.81. The predicted octanol–water partition coefficient (Wildman–Crippen LogP) is 3.76. The number of hydrogen-bond donors (Lipinski definition) is 0.